The molecule has 0 unspecified atom stereocenters. The van der Waals surface area contributed by atoms with Gasteiger partial charge in [0.1, 0.15) is 5.82 Å². The molecule has 104 valence electrons. The van der Waals surface area contributed by atoms with Crippen LogP contribution in [-0.2, 0) is 0 Å². The number of carbonyl (C=O) groups is 1. The Bertz CT molecular complexity index is 666. The van der Waals surface area contributed by atoms with Crippen LogP contribution in [0.3, 0.4) is 0 Å². The Morgan fingerprint density at radius 2 is 1.85 bits per heavy atom. The molecule has 0 aliphatic carbocycles. The van der Waals surface area contributed by atoms with Gasteiger partial charge in [0.2, 0.25) is 0 Å². The van der Waals surface area contributed by atoms with E-state index in [2.05, 4.69) is 11.1 Å². The Labute approximate surface area is 118 Å². The van der Waals surface area contributed by atoms with Gasteiger partial charge in [-0.2, -0.15) is 0 Å². The SMILES string of the molecule is Cc1ccc(N(C)c2cc(C(=O)O)cc(C)n2)c(C)c1. The van der Waals surface area contributed by atoms with E-state index in [0.29, 0.717) is 11.5 Å². The molecule has 0 aliphatic rings. The minimum absolute atomic E-state index is 0.254. The van der Waals surface area contributed by atoms with E-state index in [4.69, 9.17) is 5.11 Å². The summed E-state index contributed by atoms with van der Waals surface area (Å²) in [7, 11) is 1.89. The van der Waals surface area contributed by atoms with E-state index >= 15 is 0 Å². The number of pyridine rings is 1. The number of aromatic carboxylic acids is 1. The van der Waals surface area contributed by atoms with Crippen molar-refractivity contribution in [2.45, 2.75) is 20.8 Å². The highest BCUT2D eigenvalue weighted by molar-refractivity contribution is 5.89. The van der Waals surface area contributed by atoms with Crippen molar-refractivity contribution in [3.8, 4) is 0 Å². The Balaban J connectivity index is 2.47. The van der Waals surface area contributed by atoms with E-state index in [-0.39, 0.29) is 5.56 Å². The zero-order chi connectivity index (χ0) is 14.9. The van der Waals surface area contributed by atoms with Crippen LogP contribution in [-0.4, -0.2) is 23.1 Å². The van der Waals surface area contributed by atoms with E-state index < -0.39 is 5.97 Å². The van der Waals surface area contributed by atoms with Gasteiger partial charge in [-0.3, -0.25) is 0 Å². The van der Waals surface area contributed by atoms with Gasteiger partial charge >= 0.3 is 5.97 Å². The van der Waals surface area contributed by atoms with E-state index in [0.717, 1.165) is 11.3 Å². The monoisotopic (exact) mass is 270 g/mol. The molecule has 1 heterocycles. The highest BCUT2D eigenvalue weighted by Crippen LogP contribution is 2.27. The summed E-state index contributed by atoms with van der Waals surface area (Å²) in [4.78, 5) is 17.5. The third-order valence-electron chi connectivity index (χ3n) is 3.24. The number of carboxylic acid groups (broad SMARTS) is 1. The predicted molar refractivity (Wildman–Crippen MR) is 79.9 cm³/mol. The van der Waals surface area contributed by atoms with E-state index in [9.17, 15) is 4.79 Å². The summed E-state index contributed by atoms with van der Waals surface area (Å²) >= 11 is 0. The molecule has 1 aromatic carbocycles. The lowest BCUT2D eigenvalue weighted by molar-refractivity contribution is 0.0696. The number of hydrogen-bond acceptors (Lipinski definition) is 3. The van der Waals surface area contributed by atoms with Gasteiger partial charge in [-0.25, -0.2) is 9.78 Å². The summed E-state index contributed by atoms with van der Waals surface area (Å²) in [6.07, 6.45) is 0. The summed E-state index contributed by atoms with van der Waals surface area (Å²) in [6.45, 7) is 5.88. The number of aromatic nitrogens is 1. The molecule has 20 heavy (non-hydrogen) atoms. The number of rotatable bonds is 3. The smallest absolute Gasteiger partial charge is 0.335 e. The molecular weight excluding hydrogens is 252 g/mol. The van der Waals surface area contributed by atoms with Crippen LogP contribution in [0.5, 0.6) is 0 Å². The Kier molecular flexibility index (Phi) is 3.74. The zero-order valence-electron chi connectivity index (χ0n) is 12.1. The Morgan fingerprint density at radius 1 is 1.15 bits per heavy atom. The van der Waals surface area contributed by atoms with Gasteiger partial charge in [-0.15, -0.1) is 0 Å². The second kappa shape index (κ2) is 5.33. The molecule has 0 bridgehead atoms. The normalized spacial score (nSPS) is 10.4. The number of benzene rings is 1. The third kappa shape index (κ3) is 2.79. The molecule has 0 fully saturated rings. The first-order valence-corrected chi connectivity index (χ1v) is 6.41. The van der Waals surface area contributed by atoms with Crippen LogP contribution in [0.25, 0.3) is 0 Å². The number of hydrogen-bond donors (Lipinski definition) is 1. The number of nitrogens with zero attached hydrogens (tertiary/aromatic N) is 2. The lowest BCUT2D eigenvalue weighted by Crippen LogP contribution is -2.14. The van der Waals surface area contributed by atoms with Crippen molar-refractivity contribution in [2.75, 3.05) is 11.9 Å². The van der Waals surface area contributed by atoms with Gasteiger partial charge < -0.3 is 10.0 Å². The molecular formula is C16H18N2O2. The minimum Gasteiger partial charge on any atom is -0.478 e. The highest BCUT2D eigenvalue weighted by Gasteiger charge is 2.12. The van der Waals surface area contributed by atoms with Crippen molar-refractivity contribution in [3.63, 3.8) is 0 Å². The van der Waals surface area contributed by atoms with Crippen molar-refractivity contribution < 1.29 is 9.90 Å². The maximum Gasteiger partial charge on any atom is 0.335 e. The fraction of sp³-hybridized carbons (Fsp3) is 0.250. The lowest BCUT2D eigenvalue weighted by Gasteiger charge is -2.21. The molecule has 0 amide bonds. The van der Waals surface area contributed by atoms with Crippen molar-refractivity contribution in [1.82, 2.24) is 4.98 Å². The van der Waals surface area contributed by atoms with Crippen LogP contribution in [0.2, 0.25) is 0 Å². The molecule has 4 heteroatoms. The lowest BCUT2D eigenvalue weighted by atomic mass is 10.1. The molecule has 0 atom stereocenters. The van der Waals surface area contributed by atoms with E-state index in [1.165, 1.54) is 5.56 Å². The van der Waals surface area contributed by atoms with Crippen LogP contribution in [0.4, 0.5) is 11.5 Å². The quantitative estimate of drug-likeness (QED) is 0.927. The summed E-state index contributed by atoms with van der Waals surface area (Å²) in [6, 6.07) is 9.32. The first-order chi connectivity index (χ1) is 9.38. The van der Waals surface area contributed by atoms with E-state index in [1.807, 2.05) is 37.9 Å². The molecule has 0 saturated heterocycles. The van der Waals surface area contributed by atoms with Crippen LogP contribution < -0.4 is 4.90 Å². The number of aryl methyl sites for hydroxylation is 3. The highest BCUT2D eigenvalue weighted by atomic mass is 16.4. The molecule has 2 aromatic rings. The largest absolute Gasteiger partial charge is 0.478 e. The van der Waals surface area contributed by atoms with Gasteiger partial charge in [0.15, 0.2) is 0 Å². The molecule has 0 aliphatic heterocycles. The van der Waals surface area contributed by atoms with E-state index in [1.54, 1.807) is 19.1 Å². The number of anilines is 2. The van der Waals surface area contributed by atoms with Crippen LogP contribution >= 0.6 is 0 Å². The minimum atomic E-state index is -0.939. The molecule has 0 radical (unpaired) electrons. The zero-order valence-corrected chi connectivity index (χ0v) is 12.1. The van der Waals surface area contributed by atoms with Crippen LogP contribution in [0.15, 0.2) is 30.3 Å². The molecule has 1 aromatic heterocycles. The molecule has 0 spiro atoms. The fourth-order valence-electron chi connectivity index (χ4n) is 2.25. The maximum absolute atomic E-state index is 11.1. The second-order valence-electron chi connectivity index (χ2n) is 5.01. The van der Waals surface area contributed by atoms with Crippen LogP contribution in [0.1, 0.15) is 27.2 Å². The molecule has 1 N–H and O–H groups in total. The van der Waals surface area contributed by atoms with Gasteiger partial charge in [-0.05, 0) is 44.5 Å². The molecule has 2 rings (SSSR count). The molecule has 0 saturated carbocycles. The first kappa shape index (κ1) is 14.1. The maximum atomic E-state index is 11.1. The summed E-state index contributed by atoms with van der Waals surface area (Å²) in [5.41, 5.74) is 4.29. The van der Waals surface area contributed by atoms with Crippen molar-refractivity contribution in [2.24, 2.45) is 0 Å². The van der Waals surface area contributed by atoms with Crippen molar-refractivity contribution in [3.05, 3.63) is 52.7 Å². The third-order valence-corrected chi connectivity index (χ3v) is 3.24. The Morgan fingerprint density at radius 3 is 2.45 bits per heavy atom. The van der Waals surface area contributed by atoms with Crippen molar-refractivity contribution >= 4 is 17.5 Å². The first-order valence-electron chi connectivity index (χ1n) is 6.41. The Hall–Kier alpha value is -2.36. The predicted octanol–water partition coefficient (Wildman–Crippen LogP) is 3.47. The number of carboxylic acids is 1. The van der Waals surface area contributed by atoms with Gasteiger partial charge in [0, 0.05) is 18.4 Å². The van der Waals surface area contributed by atoms with Gasteiger partial charge in [0.05, 0.1) is 5.56 Å². The van der Waals surface area contributed by atoms with Gasteiger partial charge in [-0.1, -0.05) is 17.7 Å². The van der Waals surface area contributed by atoms with Gasteiger partial charge in [0.25, 0.3) is 0 Å². The average Bonchev–Trinajstić information content (AvgIpc) is 2.37. The average molecular weight is 270 g/mol. The topological polar surface area (TPSA) is 53.4 Å². The molecule has 4 nitrogen and oxygen atoms in total. The standard InChI is InChI=1S/C16H18N2O2/c1-10-5-6-14(11(2)7-10)18(4)15-9-13(16(19)20)8-12(3)17-15/h5-9H,1-4H3,(H,19,20). The summed E-state index contributed by atoms with van der Waals surface area (Å²) < 4.78 is 0. The fourth-order valence-corrected chi connectivity index (χ4v) is 2.25. The van der Waals surface area contributed by atoms with Crippen LogP contribution in [0, 0.1) is 20.8 Å². The second-order valence-corrected chi connectivity index (χ2v) is 5.01. The summed E-state index contributed by atoms with van der Waals surface area (Å²) in [5.74, 6) is -0.305. The van der Waals surface area contributed by atoms with Crippen molar-refractivity contribution in [1.29, 1.82) is 0 Å². The summed E-state index contributed by atoms with van der Waals surface area (Å²) in [5, 5.41) is 9.13.